The van der Waals surface area contributed by atoms with Crippen LogP contribution in [0.1, 0.15) is 31.2 Å². The maximum absolute atomic E-state index is 10.8. The van der Waals surface area contributed by atoms with Gasteiger partial charge in [0.05, 0.1) is 12.5 Å². The van der Waals surface area contributed by atoms with E-state index < -0.39 is 11.9 Å². The fraction of sp³-hybridized carbons (Fsp3) is 0.429. The molecule has 6 heteroatoms. The zero-order valence-electron chi connectivity index (χ0n) is 11.6. The van der Waals surface area contributed by atoms with Crippen LogP contribution in [0.5, 0.6) is 0 Å². The van der Waals surface area contributed by atoms with Crippen molar-refractivity contribution in [2.24, 2.45) is 0 Å². The van der Waals surface area contributed by atoms with Crippen LogP contribution in [0, 0.1) is 0 Å². The lowest BCUT2D eigenvalue weighted by Crippen LogP contribution is -2.22. The Morgan fingerprint density at radius 1 is 1.35 bits per heavy atom. The smallest absolute Gasteiger partial charge is 0.392 e. The minimum absolute atomic E-state index is 0.190. The van der Waals surface area contributed by atoms with Gasteiger partial charge >= 0.3 is 5.76 Å². The molecule has 6 nitrogen and oxygen atoms in total. The lowest BCUT2D eigenvalue weighted by molar-refractivity contribution is 0.177. The summed E-state index contributed by atoms with van der Waals surface area (Å²) in [5.74, 6) is 0.0982. The number of aliphatic hydroxyl groups is 1. The number of rotatable bonds is 6. The monoisotopic (exact) mass is 277 g/mol. The Morgan fingerprint density at radius 2 is 2.05 bits per heavy atom. The second kappa shape index (κ2) is 6.38. The van der Waals surface area contributed by atoms with E-state index in [1.54, 1.807) is 0 Å². The summed E-state index contributed by atoms with van der Waals surface area (Å²) in [7, 11) is 0. The van der Waals surface area contributed by atoms with Crippen molar-refractivity contribution < 1.29 is 9.52 Å². The highest BCUT2D eigenvalue weighted by Crippen LogP contribution is 2.17. The first kappa shape index (κ1) is 14.3. The van der Waals surface area contributed by atoms with Gasteiger partial charge in [0.2, 0.25) is 5.89 Å². The summed E-state index contributed by atoms with van der Waals surface area (Å²) in [6.07, 6.45) is -0.484. The molecule has 1 unspecified atom stereocenters. The lowest BCUT2D eigenvalue weighted by atomic mass is 10.0. The zero-order chi connectivity index (χ0) is 14.5. The van der Waals surface area contributed by atoms with Gasteiger partial charge in [-0.3, -0.25) is 0 Å². The first-order valence-electron chi connectivity index (χ1n) is 6.61. The number of nitrogens with one attached hydrogen (secondary N) is 2. The summed E-state index contributed by atoms with van der Waals surface area (Å²) in [5.41, 5.74) is 2.21. The zero-order valence-corrected chi connectivity index (χ0v) is 11.6. The molecule has 2 rings (SSSR count). The van der Waals surface area contributed by atoms with Gasteiger partial charge in [0.15, 0.2) is 0 Å². The Bertz CT molecular complexity index is 586. The van der Waals surface area contributed by atoms with Crippen molar-refractivity contribution in [3.05, 3.63) is 46.3 Å². The van der Waals surface area contributed by atoms with Gasteiger partial charge in [-0.05, 0) is 23.6 Å². The molecule has 0 saturated carbocycles. The third-order valence-corrected chi connectivity index (χ3v) is 3.01. The predicted octanol–water partition coefficient (Wildman–Crippen LogP) is 1.50. The molecule has 0 aliphatic rings. The molecule has 1 aromatic heterocycles. The predicted molar refractivity (Wildman–Crippen MR) is 75.9 cm³/mol. The Labute approximate surface area is 116 Å². The van der Waals surface area contributed by atoms with Crippen molar-refractivity contribution in [1.82, 2.24) is 10.2 Å². The number of benzene rings is 1. The third kappa shape index (κ3) is 3.96. The van der Waals surface area contributed by atoms with Crippen LogP contribution in [0.2, 0.25) is 0 Å². The summed E-state index contributed by atoms with van der Waals surface area (Å²) in [6, 6.07) is 8.09. The molecule has 1 atom stereocenters. The van der Waals surface area contributed by atoms with E-state index in [-0.39, 0.29) is 12.3 Å². The molecule has 2 aromatic rings. The van der Waals surface area contributed by atoms with Crippen LogP contribution >= 0.6 is 0 Å². The quantitative estimate of drug-likeness (QED) is 0.744. The molecule has 20 heavy (non-hydrogen) atoms. The van der Waals surface area contributed by atoms with Gasteiger partial charge in [0.25, 0.3) is 0 Å². The molecule has 0 amide bonds. The molecule has 0 aliphatic heterocycles. The SMILES string of the molecule is CC(C)c1ccc(NCC(O)Cc2n[nH]c(=O)o2)cc1. The summed E-state index contributed by atoms with van der Waals surface area (Å²) in [4.78, 5) is 10.8. The lowest BCUT2D eigenvalue weighted by Gasteiger charge is -2.12. The average Bonchev–Trinajstić information content (AvgIpc) is 2.82. The summed E-state index contributed by atoms with van der Waals surface area (Å²) in [6.45, 7) is 4.64. The number of nitrogens with zero attached hydrogens (tertiary/aromatic N) is 1. The maximum Gasteiger partial charge on any atom is 0.434 e. The van der Waals surface area contributed by atoms with E-state index in [1.807, 2.05) is 12.1 Å². The Hall–Kier alpha value is -2.08. The molecule has 0 radical (unpaired) electrons. The van der Waals surface area contributed by atoms with Gasteiger partial charge in [-0.2, -0.15) is 0 Å². The second-order valence-electron chi connectivity index (χ2n) is 5.02. The molecular formula is C14H19N3O3. The normalized spacial score (nSPS) is 12.6. The number of hydrogen-bond donors (Lipinski definition) is 3. The fourth-order valence-electron chi connectivity index (χ4n) is 1.84. The minimum atomic E-state index is -0.675. The summed E-state index contributed by atoms with van der Waals surface area (Å²) >= 11 is 0. The molecule has 0 bridgehead atoms. The van der Waals surface area contributed by atoms with Crippen LogP contribution in [0.25, 0.3) is 0 Å². The molecule has 108 valence electrons. The first-order chi connectivity index (χ1) is 9.54. The molecule has 0 aliphatic carbocycles. The highest BCUT2D eigenvalue weighted by atomic mass is 16.4. The van der Waals surface area contributed by atoms with Gasteiger partial charge in [-0.25, -0.2) is 9.89 Å². The molecule has 3 N–H and O–H groups in total. The standard InChI is InChI=1S/C14H19N3O3/c1-9(2)10-3-5-11(6-4-10)15-8-12(18)7-13-16-17-14(19)20-13/h3-6,9,12,15,18H,7-8H2,1-2H3,(H,17,19). The van der Waals surface area contributed by atoms with Crippen LogP contribution in [-0.4, -0.2) is 28.0 Å². The van der Waals surface area contributed by atoms with Crippen LogP contribution < -0.4 is 11.1 Å². The van der Waals surface area contributed by atoms with Crippen molar-refractivity contribution in [2.75, 3.05) is 11.9 Å². The summed E-state index contributed by atoms with van der Waals surface area (Å²) < 4.78 is 4.74. The molecule has 1 heterocycles. The van der Waals surface area contributed by atoms with E-state index in [9.17, 15) is 9.90 Å². The second-order valence-corrected chi connectivity index (χ2v) is 5.02. The first-order valence-corrected chi connectivity index (χ1v) is 6.61. The average molecular weight is 277 g/mol. The van der Waals surface area contributed by atoms with Crippen LogP contribution in [0.4, 0.5) is 5.69 Å². The molecule has 1 aromatic carbocycles. The van der Waals surface area contributed by atoms with Gasteiger partial charge < -0.3 is 14.8 Å². The van der Waals surface area contributed by atoms with E-state index in [0.717, 1.165) is 5.69 Å². The number of aliphatic hydroxyl groups excluding tert-OH is 1. The van der Waals surface area contributed by atoms with Crippen molar-refractivity contribution in [3.8, 4) is 0 Å². The number of anilines is 1. The van der Waals surface area contributed by atoms with Gasteiger partial charge in [0, 0.05) is 12.2 Å². The van der Waals surface area contributed by atoms with Crippen molar-refractivity contribution in [2.45, 2.75) is 32.3 Å². The summed E-state index contributed by atoms with van der Waals surface area (Å²) in [5, 5.41) is 18.8. The van der Waals surface area contributed by atoms with Crippen LogP contribution in [0.15, 0.2) is 33.5 Å². The Balaban J connectivity index is 1.83. The third-order valence-electron chi connectivity index (χ3n) is 3.01. The largest absolute Gasteiger partial charge is 0.434 e. The molecule has 0 saturated heterocycles. The van der Waals surface area contributed by atoms with Crippen LogP contribution in [0.3, 0.4) is 0 Å². The van der Waals surface area contributed by atoms with E-state index >= 15 is 0 Å². The van der Waals surface area contributed by atoms with Crippen LogP contribution in [-0.2, 0) is 6.42 Å². The maximum atomic E-state index is 10.8. The molecule has 0 fully saturated rings. The number of hydrogen-bond acceptors (Lipinski definition) is 5. The van der Waals surface area contributed by atoms with Crippen molar-refractivity contribution in [1.29, 1.82) is 0 Å². The minimum Gasteiger partial charge on any atom is -0.392 e. The van der Waals surface area contributed by atoms with Crippen molar-refractivity contribution in [3.63, 3.8) is 0 Å². The van der Waals surface area contributed by atoms with E-state index in [2.05, 4.69) is 41.5 Å². The van der Waals surface area contributed by atoms with E-state index in [1.165, 1.54) is 5.56 Å². The van der Waals surface area contributed by atoms with E-state index in [4.69, 9.17) is 4.42 Å². The molecular weight excluding hydrogens is 258 g/mol. The van der Waals surface area contributed by atoms with Crippen molar-refractivity contribution >= 4 is 5.69 Å². The van der Waals surface area contributed by atoms with E-state index in [0.29, 0.717) is 12.5 Å². The fourth-order valence-corrected chi connectivity index (χ4v) is 1.84. The van der Waals surface area contributed by atoms with Gasteiger partial charge in [-0.1, -0.05) is 26.0 Å². The Kier molecular flexibility index (Phi) is 4.57. The highest BCUT2D eigenvalue weighted by Gasteiger charge is 2.10. The topological polar surface area (TPSA) is 91.1 Å². The van der Waals surface area contributed by atoms with Gasteiger partial charge in [-0.15, -0.1) is 5.10 Å². The number of H-pyrrole nitrogens is 1. The number of aromatic nitrogens is 2. The number of aromatic amines is 1. The highest BCUT2D eigenvalue weighted by molar-refractivity contribution is 5.45. The molecule has 0 spiro atoms. The van der Waals surface area contributed by atoms with Gasteiger partial charge in [0.1, 0.15) is 0 Å². The Morgan fingerprint density at radius 3 is 2.60 bits per heavy atom.